The standard InChI is InChI=1S/C31H34N4O5S/c1-41(38,39)33-31(37)35-22-28(26-14-5-6-15-29(26)35)27(21-30(36)32-16-19-34-17-7-8-18-34)23-10-9-13-25(20-23)40-24-11-3-2-4-12-24/h2-6,9-15,20,22,27H,7-8,16-19,21H2,1H3,(H,32,36)(H,33,37). The van der Waals surface area contributed by atoms with Gasteiger partial charge in [0.25, 0.3) is 0 Å². The summed E-state index contributed by atoms with van der Waals surface area (Å²) in [7, 11) is -3.78. The molecule has 1 saturated heterocycles. The van der Waals surface area contributed by atoms with Crippen LogP contribution in [0, 0.1) is 0 Å². The lowest BCUT2D eigenvalue weighted by atomic mass is 9.88. The van der Waals surface area contributed by atoms with Crippen molar-refractivity contribution in [3.8, 4) is 11.5 Å². The van der Waals surface area contributed by atoms with E-state index in [1.54, 1.807) is 18.3 Å². The number of para-hydroxylation sites is 2. The van der Waals surface area contributed by atoms with Crippen LogP contribution in [0.2, 0.25) is 0 Å². The maximum Gasteiger partial charge on any atom is 0.339 e. The Morgan fingerprint density at radius 2 is 1.63 bits per heavy atom. The molecule has 0 bridgehead atoms. The van der Waals surface area contributed by atoms with Gasteiger partial charge in [0.1, 0.15) is 11.5 Å². The molecule has 2 heterocycles. The van der Waals surface area contributed by atoms with E-state index in [0.29, 0.717) is 23.6 Å². The lowest BCUT2D eigenvalue weighted by Crippen LogP contribution is -2.34. The van der Waals surface area contributed by atoms with Crippen LogP contribution in [-0.2, 0) is 14.8 Å². The number of carbonyl (C=O) groups excluding carboxylic acids is 2. The third-order valence-electron chi connectivity index (χ3n) is 7.19. The van der Waals surface area contributed by atoms with Crippen LogP contribution < -0.4 is 14.8 Å². The number of sulfonamides is 1. The topological polar surface area (TPSA) is 110 Å². The van der Waals surface area contributed by atoms with Gasteiger partial charge in [-0.3, -0.25) is 9.36 Å². The molecule has 41 heavy (non-hydrogen) atoms. The Morgan fingerprint density at radius 1 is 0.927 bits per heavy atom. The quantitative estimate of drug-likeness (QED) is 0.285. The summed E-state index contributed by atoms with van der Waals surface area (Å²) < 4.78 is 33.1. The summed E-state index contributed by atoms with van der Waals surface area (Å²) in [5.41, 5.74) is 2.11. The van der Waals surface area contributed by atoms with E-state index >= 15 is 0 Å². The normalized spacial score (nSPS) is 14.6. The number of rotatable bonds is 10. The minimum Gasteiger partial charge on any atom is -0.457 e. The van der Waals surface area contributed by atoms with Crippen LogP contribution >= 0.6 is 0 Å². The maximum atomic E-state index is 13.3. The Hall–Kier alpha value is -4.15. The Balaban J connectivity index is 1.49. The van der Waals surface area contributed by atoms with Crippen LogP contribution in [-0.4, -0.2) is 62.3 Å². The van der Waals surface area contributed by atoms with Gasteiger partial charge in [0, 0.05) is 37.0 Å². The molecule has 9 nitrogen and oxygen atoms in total. The van der Waals surface area contributed by atoms with Crippen LogP contribution in [0.3, 0.4) is 0 Å². The number of carbonyl (C=O) groups is 2. The molecule has 1 unspecified atom stereocenters. The Bertz CT molecular complexity index is 1630. The zero-order valence-electron chi connectivity index (χ0n) is 23.0. The van der Waals surface area contributed by atoms with Crippen molar-refractivity contribution in [3.05, 3.63) is 96.2 Å². The number of nitrogens with zero attached hydrogens (tertiary/aromatic N) is 2. The molecule has 3 aromatic carbocycles. The molecule has 2 amide bonds. The monoisotopic (exact) mass is 574 g/mol. The Morgan fingerprint density at radius 3 is 2.39 bits per heavy atom. The van der Waals surface area contributed by atoms with E-state index in [9.17, 15) is 18.0 Å². The van der Waals surface area contributed by atoms with Crippen LogP contribution in [0.4, 0.5) is 4.79 Å². The molecule has 1 aliphatic rings. The first-order chi connectivity index (χ1) is 19.8. The molecule has 0 aliphatic carbocycles. The first kappa shape index (κ1) is 28.4. The molecule has 10 heteroatoms. The number of likely N-dealkylation sites (tertiary alicyclic amines) is 1. The summed E-state index contributed by atoms with van der Waals surface area (Å²) in [4.78, 5) is 28.6. The number of hydrogen-bond donors (Lipinski definition) is 2. The van der Waals surface area contributed by atoms with Crippen molar-refractivity contribution in [2.45, 2.75) is 25.2 Å². The molecule has 0 spiro atoms. The molecule has 1 aliphatic heterocycles. The summed E-state index contributed by atoms with van der Waals surface area (Å²) in [5, 5.41) is 3.82. The van der Waals surface area contributed by atoms with Crippen molar-refractivity contribution >= 4 is 32.9 Å². The highest BCUT2D eigenvalue weighted by atomic mass is 32.2. The number of benzene rings is 3. The molecular formula is C31H34N4O5S. The SMILES string of the molecule is CS(=O)(=O)NC(=O)n1cc(C(CC(=O)NCCN2CCCC2)c2cccc(Oc3ccccc3)c2)c2ccccc21. The molecule has 5 rings (SSSR count). The van der Waals surface area contributed by atoms with Gasteiger partial charge in [-0.15, -0.1) is 0 Å². The average Bonchev–Trinajstić information content (AvgIpc) is 3.60. The van der Waals surface area contributed by atoms with Gasteiger partial charge in [0.05, 0.1) is 11.8 Å². The summed E-state index contributed by atoms with van der Waals surface area (Å²) >= 11 is 0. The first-order valence-electron chi connectivity index (χ1n) is 13.7. The van der Waals surface area contributed by atoms with E-state index < -0.39 is 22.0 Å². The van der Waals surface area contributed by atoms with E-state index in [0.717, 1.165) is 42.4 Å². The molecule has 0 saturated carbocycles. The van der Waals surface area contributed by atoms with E-state index in [-0.39, 0.29) is 12.3 Å². The predicted octanol–water partition coefficient (Wildman–Crippen LogP) is 4.68. The first-order valence-corrected chi connectivity index (χ1v) is 15.6. The molecule has 1 fully saturated rings. The van der Waals surface area contributed by atoms with Gasteiger partial charge in [0.15, 0.2) is 0 Å². The fourth-order valence-corrected chi connectivity index (χ4v) is 5.72. The molecule has 0 radical (unpaired) electrons. The van der Waals surface area contributed by atoms with Crippen molar-refractivity contribution in [1.29, 1.82) is 0 Å². The van der Waals surface area contributed by atoms with E-state index in [1.807, 2.05) is 71.5 Å². The van der Waals surface area contributed by atoms with Crippen LogP contribution in [0.5, 0.6) is 11.5 Å². The minimum atomic E-state index is -3.78. The fourth-order valence-electron chi connectivity index (χ4n) is 5.30. The lowest BCUT2D eigenvalue weighted by molar-refractivity contribution is -0.121. The zero-order valence-corrected chi connectivity index (χ0v) is 23.8. The second kappa shape index (κ2) is 12.6. The second-order valence-electron chi connectivity index (χ2n) is 10.3. The molecule has 1 atom stereocenters. The lowest BCUT2D eigenvalue weighted by Gasteiger charge is -2.19. The minimum absolute atomic E-state index is 0.110. The number of amides is 2. The zero-order chi connectivity index (χ0) is 28.8. The smallest absolute Gasteiger partial charge is 0.339 e. The highest BCUT2D eigenvalue weighted by Crippen LogP contribution is 2.36. The van der Waals surface area contributed by atoms with Crippen molar-refractivity contribution < 1.29 is 22.7 Å². The average molecular weight is 575 g/mol. The van der Waals surface area contributed by atoms with Crippen molar-refractivity contribution in [3.63, 3.8) is 0 Å². The van der Waals surface area contributed by atoms with Crippen LogP contribution in [0.1, 0.15) is 36.3 Å². The van der Waals surface area contributed by atoms with E-state index in [1.165, 1.54) is 17.4 Å². The van der Waals surface area contributed by atoms with Gasteiger partial charge < -0.3 is 15.0 Å². The van der Waals surface area contributed by atoms with Crippen molar-refractivity contribution in [2.75, 3.05) is 32.4 Å². The summed E-state index contributed by atoms with van der Waals surface area (Å²) in [6.45, 7) is 3.48. The van der Waals surface area contributed by atoms with Crippen LogP contribution in [0.15, 0.2) is 85.1 Å². The highest BCUT2D eigenvalue weighted by Gasteiger charge is 2.25. The number of ether oxygens (including phenoxy) is 1. The van der Waals surface area contributed by atoms with Crippen molar-refractivity contribution in [2.24, 2.45) is 0 Å². The van der Waals surface area contributed by atoms with Gasteiger partial charge in [-0.1, -0.05) is 48.5 Å². The van der Waals surface area contributed by atoms with Crippen molar-refractivity contribution in [1.82, 2.24) is 19.5 Å². The van der Waals surface area contributed by atoms with Gasteiger partial charge in [-0.2, -0.15) is 0 Å². The molecular weight excluding hydrogens is 540 g/mol. The predicted molar refractivity (Wildman–Crippen MR) is 159 cm³/mol. The molecule has 4 aromatic rings. The molecule has 1 aromatic heterocycles. The van der Waals surface area contributed by atoms with Gasteiger partial charge in [0.2, 0.25) is 15.9 Å². The third-order valence-corrected chi connectivity index (χ3v) is 7.73. The van der Waals surface area contributed by atoms with Gasteiger partial charge >= 0.3 is 6.03 Å². The Kier molecular flexibility index (Phi) is 8.70. The van der Waals surface area contributed by atoms with Crippen LogP contribution in [0.25, 0.3) is 10.9 Å². The van der Waals surface area contributed by atoms with E-state index in [4.69, 9.17) is 4.74 Å². The summed E-state index contributed by atoms with van der Waals surface area (Å²) in [6.07, 6.45) is 5.07. The second-order valence-corrected chi connectivity index (χ2v) is 12.0. The van der Waals surface area contributed by atoms with Gasteiger partial charge in [-0.05, 0) is 67.4 Å². The largest absolute Gasteiger partial charge is 0.457 e. The summed E-state index contributed by atoms with van der Waals surface area (Å²) in [5.74, 6) is 0.765. The molecule has 214 valence electrons. The Labute approximate surface area is 240 Å². The number of aromatic nitrogens is 1. The number of hydrogen-bond acceptors (Lipinski definition) is 6. The summed E-state index contributed by atoms with van der Waals surface area (Å²) in [6, 6.07) is 23.5. The van der Waals surface area contributed by atoms with E-state index in [2.05, 4.69) is 10.2 Å². The maximum absolute atomic E-state index is 13.3. The third kappa shape index (κ3) is 7.33. The fraction of sp³-hybridized carbons (Fsp3) is 0.290. The highest BCUT2D eigenvalue weighted by molar-refractivity contribution is 7.89. The number of nitrogens with one attached hydrogen (secondary N) is 2. The molecule has 2 N–H and O–H groups in total. The van der Waals surface area contributed by atoms with Gasteiger partial charge in [-0.25, -0.2) is 17.9 Å². The number of fused-ring (bicyclic) bond motifs is 1.